The maximum absolute atomic E-state index is 12.4. The van der Waals surface area contributed by atoms with Gasteiger partial charge in [0.25, 0.3) is 0 Å². The SMILES string of the molecule is CCNC(=O)NC(=O)C(C)Sc1nc2ccccc2c2nc3ccccc3n12. The molecule has 2 aromatic carbocycles. The molecule has 7 nitrogen and oxygen atoms in total. The summed E-state index contributed by atoms with van der Waals surface area (Å²) in [5, 5.41) is 6.00. The second-order valence-electron chi connectivity index (χ2n) is 6.28. The zero-order valence-electron chi connectivity index (χ0n) is 15.5. The lowest BCUT2D eigenvalue weighted by molar-refractivity contribution is -0.119. The Labute approximate surface area is 165 Å². The molecule has 3 amide bonds. The number of thioether (sulfide) groups is 1. The standard InChI is InChI=1S/C20H19N5O2S/c1-3-21-19(27)24-18(26)12(2)28-20-23-14-9-5-4-8-13(14)17-22-15-10-6-7-11-16(15)25(17)20/h4-12H,3H2,1-2H3,(H2,21,24,26,27). The largest absolute Gasteiger partial charge is 0.338 e. The molecular formula is C20H19N5O2S. The third-order valence-electron chi connectivity index (χ3n) is 4.34. The van der Waals surface area contributed by atoms with Crippen LogP contribution in [0.3, 0.4) is 0 Å². The van der Waals surface area contributed by atoms with Crippen molar-refractivity contribution in [1.82, 2.24) is 25.0 Å². The fourth-order valence-corrected chi connectivity index (χ4v) is 3.95. The Hall–Kier alpha value is -3.13. The molecule has 4 rings (SSSR count). The van der Waals surface area contributed by atoms with Gasteiger partial charge >= 0.3 is 6.03 Å². The normalized spacial score (nSPS) is 12.4. The number of benzene rings is 2. The molecule has 0 aliphatic carbocycles. The highest BCUT2D eigenvalue weighted by Gasteiger charge is 2.21. The van der Waals surface area contributed by atoms with E-state index in [2.05, 4.69) is 10.6 Å². The predicted molar refractivity (Wildman–Crippen MR) is 111 cm³/mol. The number of rotatable bonds is 4. The molecule has 0 aliphatic heterocycles. The Morgan fingerprint density at radius 1 is 1.07 bits per heavy atom. The highest BCUT2D eigenvalue weighted by molar-refractivity contribution is 8.00. The summed E-state index contributed by atoms with van der Waals surface area (Å²) < 4.78 is 1.97. The molecule has 142 valence electrons. The van der Waals surface area contributed by atoms with Crippen LogP contribution in [0.25, 0.3) is 27.6 Å². The average Bonchev–Trinajstić information content (AvgIpc) is 3.08. The van der Waals surface area contributed by atoms with E-state index < -0.39 is 11.3 Å². The van der Waals surface area contributed by atoms with E-state index in [4.69, 9.17) is 9.97 Å². The van der Waals surface area contributed by atoms with Gasteiger partial charge in [-0.25, -0.2) is 14.8 Å². The molecule has 28 heavy (non-hydrogen) atoms. The topological polar surface area (TPSA) is 88.4 Å². The van der Waals surface area contributed by atoms with Crippen molar-refractivity contribution in [1.29, 1.82) is 0 Å². The lowest BCUT2D eigenvalue weighted by atomic mass is 10.2. The number of hydrogen-bond donors (Lipinski definition) is 2. The number of nitrogens with zero attached hydrogens (tertiary/aromatic N) is 3. The van der Waals surface area contributed by atoms with Gasteiger partial charge in [-0.15, -0.1) is 0 Å². The highest BCUT2D eigenvalue weighted by atomic mass is 32.2. The van der Waals surface area contributed by atoms with E-state index in [0.717, 1.165) is 27.6 Å². The molecule has 2 heterocycles. The number of para-hydroxylation sites is 3. The van der Waals surface area contributed by atoms with Crippen LogP contribution in [-0.4, -0.2) is 38.1 Å². The minimum absolute atomic E-state index is 0.372. The van der Waals surface area contributed by atoms with E-state index >= 15 is 0 Å². The zero-order chi connectivity index (χ0) is 19.7. The monoisotopic (exact) mass is 393 g/mol. The first-order valence-electron chi connectivity index (χ1n) is 8.99. The summed E-state index contributed by atoms with van der Waals surface area (Å²) in [4.78, 5) is 33.6. The van der Waals surface area contributed by atoms with Crippen LogP contribution in [0.5, 0.6) is 0 Å². The van der Waals surface area contributed by atoms with Crippen molar-refractivity contribution < 1.29 is 9.59 Å². The van der Waals surface area contributed by atoms with Gasteiger partial charge in [0.05, 0.1) is 21.8 Å². The first-order valence-corrected chi connectivity index (χ1v) is 9.87. The number of nitrogens with one attached hydrogen (secondary N) is 2. The van der Waals surface area contributed by atoms with Gasteiger partial charge in [0.2, 0.25) is 5.91 Å². The minimum atomic E-state index is -0.513. The van der Waals surface area contributed by atoms with Crippen molar-refractivity contribution in [2.45, 2.75) is 24.3 Å². The van der Waals surface area contributed by atoms with Crippen molar-refractivity contribution >= 4 is 51.3 Å². The Morgan fingerprint density at radius 2 is 1.79 bits per heavy atom. The number of urea groups is 1. The van der Waals surface area contributed by atoms with Gasteiger partial charge in [0, 0.05) is 11.9 Å². The molecule has 0 aliphatic rings. The second kappa shape index (κ2) is 7.47. The fraction of sp³-hybridized carbons (Fsp3) is 0.200. The van der Waals surface area contributed by atoms with E-state index in [9.17, 15) is 9.59 Å². The molecule has 0 radical (unpaired) electrons. The van der Waals surface area contributed by atoms with Crippen LogP contribution < -0.4 is 10.6 Å². The molecule has 1 unspecified atom stereocenters. The van der Waals surface area contributed by atoms with E-state index in [-0.39, 0.29) is 5.91 Å². The van der Waals surface area contributed by atoms with E-state index in [1.54, 1.807) is 13.8 Å². The van der Waals surface area contributed by atoms with Gasteiger partial charge in [0.15, 0.2) is 5.16 Å². The van der Waals surface area contributed by atoms with Crippen molar-refractivity contribution in [3.8, 4) is 0 Å². The molecule has 4 aromatic rings. The molecule has 8 heteroatoms. The van der Waals surface area contributed by atoms with E-state index in [1.165, 1.54) is 11.8 Å². The summed E-state index contributed by atoms with van der Waals surface area (Å²) in [7, 11) is 0. The molecule has 1 atom stereocenters. The molecule has 0 saturated carbocycles. The van der Waals surface area contributed by atoms with Crippen LogP contribution in [0.1, 0.15) is 13.8 Å². The van der Waals surface area contributed by atoms with Gasteiger partial charge in [-0.05, 0) is 38.1 Å². The van der Waals surface area contributed by atoms with Crippen LogP contribution in [0.2, 0.25) is 0 Å². The first-order chi connectivity index (χ1) is 13.6. The summed E-state index contributed by atoms with van der Waals surface area (Å²) in [6.45, 7) is 4.00. The summed E-state index contributed by atoms with van der Waals surface area (Å²) in [5.74, 6) is -0.372. The van der Waals surface area contributed by atoms with Gasteiger partial charge in [-0.2, -0.15) is 0 Å². The van der Waals surface area contributed by atoms with Gasteiger partial charge < -0.3 is 5.32 Å². The summed E-state index contributed by atoms with van der Waals surface area (Å²) in [5.41, 5.74) is 3.39. The number of imidazole rings is 1. The van der Waals surface area contributed by atoms with Crippen molar-refractivity contribution in [2.75, 3.05) is 6.54 Å². The maximum Gasteiger partial charge on any atom is 0.321 e. The molecule has 0 spiro atoms. The van der Waals surface area contributed by atoms with Crippen LogP contribution >= 0.6 is 11.8 Å². The third-order valence-corrected chi connectivity index (χ3v) is 5.39. The third kappa shape index (κ3) is 3.27. The average molecular weight is 393 g/mol. The van der Waals surface area contributed by atoms with Crippen molar-refractivity contribution in [3.05, 3.63) is 48.5 Å². The van der Waals surface area contributed by atoms with E-state index in [0.29, 0.717) is 11.7 Å². The number of carbonyl (C=O) groups is 2. The lowest BCUT2D eigenvalue weighted by Crippen LogP contribution is -2.42. The molecule has 0 bridgehead atoms. The van der Waals surface area contributed by atoms with E-state index in [1.807, 2.05) is 52.9 Å². The van der Waals surface area contributed by atoms with Crippen LogP contribution in [0.4, 0.5) is 4.79 Å². The van der Waals surface area contributed by atoms with Crippen LogP contribution in [0, 0.1) is 0 Å². The fourth-order valence-electron chi connectivity index (χ4n) is 3.02. The zero-order valence-corrected chi connectivity index (χ0v) is 16.3. The molecular weight excluding hydrogens is 374 g/mol. The van der Waals surface area contributed by atoms with Crippen LogP contribution in [0.15, 0.2) is 53.7 Å². The number of hydrogen-bond acceptors (Lipinski definition) is 5. The Kier molecular flexibility index (Phi) is 4.87. The molecule has 0 saturated heterocycles. The number of carbonyl (C=O) groups excluding carboxylic acids is 2. The number of aromatic nitrogens is 3. The predicted octanol–water partition coefficient (Wildman–Crippen LogP) is 3.36. The quantitative estimate of drug-likeness (QED) is 0.410. The highest BCUT2D eigenvalue weighted by Crippen LogP contribution is 2.30. The molecule has 2 aromatic heterocycles. The number of amides is 3. The van der Waals surface area contributed by atoms with Crippen LogP contribution in [-0.2, 0) is 4.79 Å². The Morgan fingerprint density at radius 3 is 2.57 bits per heavy atom. The number of imide groups is 1. The maximum atomic E-state index is 12.4. The van der Waals surface area contributed by atoms with Crippen molar-refractivity contribution in [2.24, 2.45) is 0 Å². The van der Waals surface area contributed by atoms with Gasteiger partial charge in [-0.3, -0.25) is 14.5 Å². The van der Waals surface area contributed by atoms with Gasteiger partial charge in [0.1, 0.15) is 5.65 Å². The molecule has 2 N–H and O–H groups in total. The summed E-state index contributed by atoms with van der Waals surface area (Å²) in [6.07, 6.45) is 0. The smallest absolute Gasteiger partial charge is 0.321 e. The Bertz CT molecular complexity index is 1200. The number of fused-ring (bicyclic) bond motifs is 5. The molecule has 0 fully saturated rings. The second-order valence-corrected chi connectivity index (χ2v) is 7.59. The first kappa shape index (κ1) is 18.2. The Balaban J connectivity index is 1.79. The summed E-state index contributed by atoms with van der Waals surface area (Å²) >= 11 is 1.30. The minimum Gasteiger partial charge on any atom is -0.338 e. The van der Waals surface area contributed by atoms with Crippen molar-refractivity contribution in [3.63, 3.8) is 0 Å². The van der Waals surface area contributed by atoms with Gasteiger partial charge in [-0.1, -0.05) is 36.0 Å². The summed E-state index contributed by atoms with van der Waals surface area (Å²) in [6, 6.07) is 15.1. The lowest BCUT2D eigenvalue weighted by Gasteiger charge is -2.13.